The summed E-state index contributed by atoms with van der Waals surface area (Å²) in [5.74, 6) is 0. The van der Waals surface area contributed by atoms with Gasteiger partial charge in [-0.1, -0.05) is 24.3 Å². The van der Waals surface area contributed by atoms with Gasteiger partial charge < -0.3 is 11.5 Å². The first kappa shape index (κ1) is 12.4. The largest absolute Gasteiger partial charge is 0.330 e. The van der Waals surface area contributed by atoms with E-state index in [-0.39, 0.29) is 18.4 Å². The quantitative estimate of drug-likeness (QED) is 0.782. The molecule has 0 amide bonds. The van der Waals surface area contributed by atoms with Crippen molar-refractivity contribution in [2.45, 2.75) is 19.4 Å². The highest BCUT2D eigenvalue weighted by Gasteiger charge is 2.05. The number of halogens is 1. The molecule has 0 saturated heterocycles. The van der Waals surface area contributed by atoms with Crippen molar-refractivity contribution in [3.63, 3.8) is 0 Å². The van der Waals surface area contributed by atoms with Gasteiger partial charge in [0.15, 0.2) is 0 Å². The Morgan fingerprint density at radius 3 is 2.46 bits per heavy atom. The van der Waals surface area contributed by atoms with Gasteiger partial charge in [0.05, 0.1) is 0 Å². The monoisotopic (exact) mass is 200 g/mol. The van der Waals surface area contributed by atoms with Gasteiger partial charge in [0.25, 0.3) is 0 Å². The van der Waals surface area contributed by atoms with Crippen LogP contribution < -0.4 is 11.5 Å². The fraction of sp³-hybridized carbons (Fsp3) is 0.400. The Hall–Kier alpha value is -0.570. The molecule has 1 aromatic rings. The third-order valence-electron chi connectivity index (χ3n) is 2.07. The molecule has 1 aromatic carbocycles. The zero-order valence-corrected chi connectivity index (χ0v) is 8.68. The van der Waals surface area contributed by atoms with E-state index in [1.165, 1.54) is 11.1 Å². The minimum Gasteiger partial charge on any atom is -0.330 e. The van der Waals surface area contributed by atoms with E-state index >= 15 is 0 Å². The van der Waals surface area contributed by atoms with Gasteiger partial charge in [0.2, 0.25) is 0 Å². The molecule has 13 heavy (non-hydrogen) atoms. The van der Waals surface area contributed by atoms with Crippen molar-refractivity contribution in [2.24, 2.45) is 11.5 Å². The van der Waals surface area contributed by atoms with E-state index in [1.54, 1.807) is 0 Å². The fourth-order valence-corrected chi connectivity index (χ4v) is 1.34. The van der Waals surface area contributed by atoms with Crippen molar-refractivity contribution in [1.82, 2.24) is 0 Å². The maximum atomic E-state index is 5.93. The second-order valence-corrected chi connectivity index (χ2v) is 3.04. The molecule has 2 nitrogen and oxygen atoms in total. The molecule has 0 aliphatic carbocycles. The highest BCUT2D eigenvalue weighted by atomic mass is 35.5. The van der Waals surface area contributed by atoms with Gasteiger partial charge in [0, 0.05) is 6.04 Å². The van der Waals surface area contributed by atoms with Crippen molar-refractivity contribution in [3.05, 3.63) is 35.4 Å². The Balaban J connectivity index is 0.00000144. The van der Waals surface area contributed by atoms with Gasteiger partial charge in [-0.15, -0.1) is 12.4 Å². The predicted octanol–water partition coefficient (Wildman–Crippen LogP) is 1.77. The van der Waals surface area contributed by atoms with Crippen LogP contribution in [0.25, 0.3) is 0 Å². The molecule has 3 heteroatoms. The van der Waals surface area contributed by atoms with Crippen molar-refractivity contribution in [2.75, 3.05) is 6.54 Å². The van der Waals surface area contributed by atoms with Gasteiger partial charge in [-0.2, -0.15) is 0 Å². The second-order valence-electron chi connectivity index (χ2n) is 3.04. The minimum atomic E-state index is 0. The number of hydrogen-bond donors (Lipinski definition) is 2. The molecule has 0 fully saturated rings. The molecule has 0 aromatic heterocycles. The van der Waals surface area contributed by atoms with E-state index in [1.807, 2.05) is 12.1 Å². The van der Waals surface area contributed by atoms with E-state index in [2.05, 4.69) is 19.1 Å². The lowest BCUT2D eigenvalue weighted by atomic mass is 10.00. The first-order chi connectivity index (χ1) is 5.75. The predicted molar refractivity (Wildman–Crippen MR) is 59.0 cm³/mol. The van der Waals surface area contributed by atoms with Gasteiger partial charge in [-0.05, 0) is 31.0 Å². The number of hydrogen-bond acceptors (Lipinski definition) is 2. The Bertz CT molecular complexity index is 250. The normalized spacial score (nSPS) is 11.9. The van der Waals surface area contributed by atoms with Crippen LogP contribution in [0.5, 0.6) is 0 Å². The molecule has 0 saturated carbocycles. The summed E-state index contributed by atoms with van der Waals surface area (Å²) >= 11 is 0. The smallest absolute Gasteiger partial charge is 0.0309 e. The average Bonchev–Trinajstić information content (AvgIpc) is 2.05. The third-order valence-corrected chi connectivity index (χ3v) is 2.07. The first-order valence-corrected chi connectivity index (χ1v) is 4.27. The average molecular weight is 201 g/mol. The SMILES string of the molecule is Cc1ccccc1[C@@H](N)CCN.Cl. The number of nitrogens with two attached hydrogens (primary N) is 2. The third kappa shape index (κ3) is 3.35. The lowest BCUT2D eigenvalue weighted by Gasteiger charge is -2.12. The van der Waals surface area contributed by atoms with Crippen LogP contribution in [0.15, 0.2) is 24.3 Å². The molecule has 4 N–H and O–H groups in total. The lowest BCUT2D eigenvalue weighted by Crippen LogP contribution is -2.16. The lowest BCUT2D eigenvalue weighted by molar-refractivity contribution is 0.658. The molecule has 0 heterocycles. The van der Waals surface area contributed by atoms with Crippen LogP contribution in [-0.4, -0.2) is 6.54 Å². The van der Waals surface area contributed by atoms with E-state index in [0.29, 0.717) is 6.54 Å². The van der Waals surface area contributed by atoms with Crippen LogP contribution in [0, 0.1) is 6.92 Å². The van der Waals surface area contributed by atoms with E-state index < -0.39 is 0 Å². The maximum Gasteiger partial charge on any atom is 0.0309 e. The van der Waals surface area contributed by atoms with Crippen molar-refractivity contribution < 1.29 is 0 Å². The molecule has 1 atom stereocenters. The molecule has 0 bridgehead atoms. The van der Waals surface area contributed by atoms with Gasteiger partial charge in [-0.25, -0.2) is 0 Å². The highest BCUT2D eigenvalue weighted by Crippen LogP contribution is 2.16. The molecular formula is C10H17ClN2. The van der Waals surface area contributed by atoms with Crippen molar-refractivity contribution in [1.29, 1.82) is 0 Å². The Labute approximate surface area is 85.7 Å². The molecule has 0 aliphatic heterocycles. The Morgan fingerprint density at radius 1 is 1.31 bits per heavy atom. The van der Waals surface area contributed by atoms with Crippen molar-refractivity contribution >= 4 is 12.4 Å². The Kier molecular flexibility index (Phi) is 5.71. The van der Waals surface area contributed by atoms with E-state index in [4.69, 9.17) is 11.5 Å². The Morgan fingerprint density at radius 2 is 1.92 bits per heavy atom. The molecule has 0 unspecified atom stereocenters. The van der Waals surface area contributed by atoms with E-state index in [9.17, 15) is 0 Å². The molecule has 74 valence electrons. The van der Waals surface area contributed by atoms with Crippen LogP contribution in [-0.2, 0) is 0 Å². The van der Waals surface area contributed by atoms with Crippen LogP contribution in [0.1, 0.15) is 23.6 Å². The van der Waals surface area contributed by atoms with Crippen LogP contribution in [0.2, 0.25) is 0 Å². The van der Waals surface area contributed by atoms with Gasteiger partial charge in [0.1, 0.15) is 0 Å². The fourth-order valence-electron chi connectivity index (χ4n) is 1.34. The zero-order valence-electron chi connectivity index (χ0n) is 7.86. The summed E-state index contributed by atoms with van der Waals surface area (Å²) in [4.78, 5) is 0. The summed E-state index contributed by atoms with van der Waals surface area (Å²) in [5.41, 5.74) is 13.8. The molecular weight excluding hydrogens is 184 g/mol. The number of benzene rings is 1. The molecule has 0 aliphatic rings. The summed E-state index contributed by atoms with van der Waals surface area (Å²) in [5, 5.41) is 0. The molecule has 0 radical (unpaired) electrons. The van der Waals surface area contributed by atoms with Crippen LogP contribution in [0.4, 0.5) is 0 Å². The standard InChI is InChI=1S/C10H16N2.ClH/c1-8-4-2-3-5-9(8)10(12)6-7-11;/h2-5,10H,6-7,11-12H2,1H3;1H/t10-;/m0./s1. The summed E-state index contributed by atoms with van der Waals surface area (Å²) < 4.78 is 0. The number of aryl methyl sites for hydroxylation is 1. The molecule has 0 spiro atoms. The summed E-state index contributed by atoms with van der Waals surface area (Å²) in [7, 11) is 0. The first-order valence-electron chi connectivity index (χ1n) is 4.27. The van der Waals surface area contributed by atoms with Gasteiger partial charge in [-0.3, -0.25) is 0 Å². The molecule has 1 rings (SSSR count). The minimum absolute atomic E-state index is 0. The zero-order chi connectivity index (χ0) is 8.97. The number of rotatable bonds is 3. The summed E-state index contributed by atoms with van der Waals surface area (Å²) in [6.45, 7) is 2.72. The summed E-state index contributed by atoms with van der Waals surface area (Å²) in [6.07, 6.45) is 0.852. The maximum absolute atomic E-state index is 5.93. The second kappa shape index (κ2) is 5.97. The highest BCUT2D eigenvalue weighted by molar-refractivity contribution is 5.85. The van der Waals surface area contributed by atoms with E-state index in [0.717, 1.165) is 6.42 Å². The topological polar surface area (TPSA) is 52.0 Å². The van der Waals surface area contributed by atoms with Crippen molar-refractivity contribution in [3.8, 4) is 0 Å². The summed E-state index contributed by atoms with van der Waals surface area (Å²) in [6, 6.07) is 8.27. The van der Waals surface area contributed by atoms with Crippen LogP contribution >= 0.6 is 12.4 Å². The van der Waals surface area contributed by atoms with Crippen LogP contribution in [0.3, 0.4) is 0 Å². The van der Waals surface area contributed by atoms with Gasteiger partial charge >= 0.3 is 0 Å².